The van der Waals surface area contributed by atoms with Crippen molar-refractivity contribution in [3.63, 3.8) is 0 Å². The van der Waals surface area contributed by atoms with Crippen LogP contribution in [0.4, 0.5) is 0 Å². The Morgan fingerprint density at radius 3 is 2.76 bits per heavy atom. The summed E-state index contributed by atoms with van der Waals surface area (Å²) in [5.74, 6) is 3.82. The molecule has 0 saturated carbocycles. The Labute approximate surface area is 171 Å². The van der Waals surface area contributed by atoms with Crippen molar-refractivity contribution < 1.29 is 4.42 Å². The molecule has 0 unspecified atom stereocenters. The zero-order valence-corrected chi connectivity index (χ0v) is 16.8. The molecule has 0 bridgehead atoms. The van der Waals surface area contributed by atoms with E-state index in [0.717, 1.165) is 43.8 Å². The first kappa shape index (κ1) is 19.2. The topological polar surface area (TPSA) is 82.3 Å². The molecule has 4 rings (SSSR count). The van der Waals surface area contributed by atoms with Crippen LogP contribution in [0.2, 0.25) is 0 Å². The maximum atomic E-state index is 5.33. The van der Waals surface area contributed by atoms with E-state index in [1.54, 1.807) is 6.26 Å². The van der Waals surface area contributed by atoms with E-state index in [9.17, 15) is 0 Å². The molecule has 7 heteroatoms. The van der Waals surface area contributed by atoms with Crippen LogP contribution in [-0.4, -0.2) is 52.7 Å². The van der Waals surface area contributed by atoms with E-state index in [0.29, 0.717) is 11.6 Å². The molecule has 3 heterocycles. The fourth-order valence-electron chi connectivity index (χ4n) is 3.84. The van der Waals surface area contributed by atoms with Crippen LogP contribution in [0.25, 0.3) is 11.6 Å². The van der Waals surface area contributed by atoms with E-state index in [1.165, 1.54) is 24.8 Å². The van der Waals surface area contributed by atoms with Gasteiger partial charge in [-0.15, -0.1) is 0 Å². The summed E-state index contributed by atoms with van der Waals surface area (Å²) in [5, 5.41) is 10.7. The van der Waals surface area contributed by atoms with Crippen LogP contribution in [0.5, 0.6) is 0 Å². The highest BCUT2D eigenvalue weighted by Gasteiger charge is 2.21. The third kappa shape index (κ3) is 5.04. The molecule has 2 aromatic heterocycles. The first-order valence-corrected chi connectivity index (χ1v) is 10.3. The number of furan rings is 1. The van der Waals surface area contributed by atoms with Crippen molar-refractivity contribution in [2.24, 2.45) is 10.9 Å². The van der Waals surface area contributed by atoms with Crippen LogP contribution >= 0.6 is 0 Å². The largest absolute Gasteiger partial charge is 0.461 e. The fraction of sp³-hybridized carbons (Fsp3) is 0.409. The molecule has 1 aliphatic heterocycles. The van der Waals surface area contributed by atoms with Gasteiger partial charge in [-0.1, -0.05) is 30.3 Å². The summed E-state index contributed by atoms with van der Waals surface area (Å²) in [5.41, 5.74) is 1.44. The Bertz CT molecular complexity index is 895. The molecule has 152 valence electrons. The van der Waals surface area contributed by atoms with Crippen molar-refractivity contribution in [3.05, 3.63) is 60.1 Å². The molecule has 0 atom stereocenters. The molecular formula is C22H28N6O. The Morgan fingerprint density at radius 1 is 1.21 bits per heavy atom. The van der Waals surface area contributed by atoms with Crippen LogP contribution < -0.4 is 5.32 Å². The summed E-state index contributed by atoms with van der Waals surface area (Å²) < 4.78 is 5.33. The van der Waals surface area contributed by atoms with Gasteiger partial charge in [0.1, 0.15) is 5.82 Å². The molecule has 7 nitrogen and oxygen atoms in total. The molecule has 1 aromatic carbocycles. The van der Waals surface area contributed by atoms with E-state index in [4.69, 9.17) is 4.42 Å². The van der Waals surface area contributed by atoms with Gasteiger partial charge < -0.3 is 14.6 Å². The van der Waals surface area contributed by atoms with Crippen molar-refractivity contribution in [2.45, 2.75) is 25.7 Å². The number of rotatable bonds is 6. The summed E-state index contributed by atoms with van der Waals surface area (Å²) >= 11 is 0. The minimum Gasteiger partial charge on any atom is -0.461 e. The summed E-state index contributed by atoms with van der Waals surface area (Å²) in [6.45, 7) is 2.84. The predicted molar refractivity (Wildman–Crippen MR) is 114 cm³/mol. The average molecular weight is 393 g/mol. The summed E-state index contributed by atoms with van der Waals surface area (Å²) in [7, 11) is 1.85. The van der Waals surface area contributed by atoms with Gasteiger partial charge in [0.15, 0.2) is 11.7 Å². The van der Waals surface area contributed by atoms with E-state index in [1.807, 2.05) is 19.2 Å². The van der Waals surface area contributed by atoms with Crippen molar-refractivity contribution in [1.29, 1.82) is 0 Å². The predicted octanol–water partition coefficient (Wildman–Crippen LogP) is 3.14. The lowest BCUT2D eigenvalue weighted by Crippen LogP contribution is -2.46. The highest BCUT2D eigenvalue weighted by Crippen LogP contribution is 2.21. The number of benzene rings is 1. The Kier molecular flexibility index (Phi) is 6.24. The van der Waals surface area contributed by atoms with E-state index < -0.39 is 0 Å². The number of guanidine groups is 1. The van der Waals surface area contributed by atoms with Crippen LogP contribution in [-0.2, 0) is 12.8 Å². The van der Waals surface area contributed by atoms with Crippen molar-refractivity contribution in [1.82, 2.24) is 25.4 Å². The van der Waals surface area contributed by atoms with Gasteiger partial charge in [0.25, 0.3) is 0 Å². The molecule has 2 N–H and O–H groups in total. The summed E-state index contributed by atoms with van der Waals surface area (Å²) in [6.07, 6.45) is 5.94. The average Bonchev–Trinajstić information content (AvgIpc) is 3.45. The number of piperidine rings is 1. The molecular weight excluding hydrogens is 364 g/mol. The van der Waals surface area contributed by atoms with Gasteiger partial charge in [-0.25, -0.2) is 4.98 Å². The highest BCUT2D eigenvalue weighted by molar-refractivity contribution is 5.79. The number of likely N-dealkylation sites (tertiary alicyclic amines) is 1. The number of nitrogens with zero attached hydrogens (tertiary/aromatic N) is 4. The zero-order valence-electron chi connectivity index (χ0n) is 16.8. The van der Waals surface area contributed by atoms with Crippen molar-refractivity contribution >= 4 is 5.96 Å². The van der Waals surface area contributed by atoms with Gasteiger partial charge in [0.2, 0.25) is 5.82 Å². The number of H-pyrrole nitrogens is 1. The van der Waals surface area contributed by atoms with Crippen LogP contribution in [0.1, 0.15) is 24.2 Å². The van der Waals surface area contributed by atoms with E-state index >= 15 is 0 Å². The second-order valence-electron chi connectivity index (χ2n) is 7.43. The van der Waals surface area contributed by atoms with Gasteiger partial charge in [0.05, 0.1) is 6.26 Å². The minimum absolute atomic E-state index is 0.592. The Balaban J connectivity index is 1.22. The van der Waals surface area contributed by atoms with Gasteiger partial charge in [-0.05, 0) is 42.9 Å². The van der Waals surface area contributed by atoms with Crippen molar-refractivity contribution in [3.8, 4) is 11.6 Å². The van der Waals surface area contributed by atoms with E-state index in [-0.39, 0.29) is 0 Å². The van der Waals surface area contributed by atoms with Gasteiger partial charge in [0, 0.05) is 33.1 Å². The molecule has 1 fully saturated rings. The van der Waals surface area contributed by atoms with Gasteiger partial charge in [-0.3, -0.25) is 10.1 Å². The highest BCUT2D eigenvalue weighted by atomic mass is 16.3. The fourth-order valence-corrected chi connectivity index (χ4v) is 3.84. The first-order chi connectivity index (χ1) is 14.3. The lowest BCUT2D eigenvalue weighted by Gasteiger charge is -2.34. The van der Waals surface area contributed by atoms with Gasteiger partial charge in [-0.2, -0.15) is 5.10 Å². The third-order valence-corrected chi connectivity index (χ3v) is 5.41. The maximum absolute atomic E-state index is 5.33. The second kappa shape index (κ2) is 9.41. The number of nitrogens with one attached hydrogen (secondary N) is 2. The van der Waals surface area contributed by atoms with Gasteiger partial charge >= 0.3 is 0 Å². The van der Waals surface area contributed by atoms with Crippen LogP contribution in [0.15, 0.2) is 58.1 Å². The number of aromatic amines is 1. The monoisotopic (exact) mass is 392 g/mol. The number of aromatic nitrogens is 3. The third-order valence-electron chi connectivity index (χ3n) is 5.41. The van der Waals surface area contributed by atoms with Crippen LogP contribution in [0, 0.1) is 5.92 Å². The maximum Gasteiger partial charge on any atom is 0.216 e. The van der Waals surface area contributed by atoms with Crippen LogP contribution in [0.3, 0.4) is 0 Å². The summed E-state index contributed by atoms with van der Waals surface area (Å²) in [4.78, 5) is 11.3. The molecule has 1 saturated heterocycles. The molecule has 0 amide bonds. The lowest BCUT2D eigenvalue weighted by molar-refractivity contribution is 0.259. The standard InChI is InChI=1S/C22H28N6O/c1-23-22(24-12-9-20-25-21(27-26-20)19-8-5-15-29-19)28-13-10-18(11-14-28)16-17-6-3-2-4-7-17/h2-8,15,18H,9-14,16H2,1H3,(H,23,24)(H,25,26,27). The number of hydrogen-bond donors (Lipinski definition) is 2. The number of aliphatic imine (C=N–C) groups is 1. The second-order valence-corrected chi connectivity index (χ2v) is 7.43. The number of hydrogen-bond acceptors (Lipinski definition) is 4. The normalized spacial score (nSPS) is 15.6. The molecule has 1 aliphatic rings. The Hall–Kier alpha value is -3.09. The lowest BCUT2D eigenvalue weighted by atomic mass is 9.90. The van der Waals surface area contributed by atoms with Crippen molar-refractivity contribution in [2.75, 3.05) is 26.7 Å². The molecule has 3 aromatic rings. The zero-order chi connectivity index (χ0) is 19.9. The molecule has 0 spiro atoms. The quantitative estimate of drug-likeness (QED) is 0.497. The molecule has 29 heavy (non-hydrogen) atoms. The van der Waals surface area contributed by atoms with E-state index in [2.05, 4.69) is 60.7 Å². The molecule has 0 radical (unpaired) electrons. The smallest absolute Gasteiger partial charge is 0.216 e. The Morgan fingerprint density at radius 2 is 2.03 bits per heavy atom. The first-order valence-electron chi connectivity index (χ1n) is 10.3. The SMILES string of the molecule is CN=C(NCCc1nc(-c2ccco2)n[nH]1)N1CCC(Cc2ccccc2)CC1. The molecule has 0 aliphatic carbocycles. The minimum atomic E-state index is 0.592. The summed E-state index contributed by atoms with van der Waals surface area (Å²) in [6, 6.07) is 14.5.